The Hall–Kier alpha value is -2.35. The summed E-state index contributed by atoms with van der Waals surface area (Å²) in [4.78, 5) is 0. The Balaban J connectivity index is 2.30. The fourth-order valence-electron chi connectivity index (χ4n) is 2.15. The molecular formula is C19H22N2. The van der Waals surface area contributed by atoms with Gasteiger partial charge in [0.1, 0.15) is 0 Å². The van der Waals surface area contributed by atoms with E-state index in [-0.39, 0.29) is 0 Å². The molecule has 0 saturated carbocycles. The molecule has 0 radical (unpaired) electrons. The van der Waals surface area contributed by atoms with Gasteiger partial charge in [-0.15, -0.1) is 0 Å². The van der Waals surface area contributed by atoms with Crippen LogP contribution in [0.2, 0.25) is 0 Å². The highest BCUT2D eigenvalue weighted by Gasteiger charge is 2.05. The number of hydrogen-bond acceptors (Lipinski definition) is 1. The third-order valence-electron chi connectivity index (χ3n) is 3.59. The first-order valence-electron chi connectivity index (χ1n) is 7.33. The monoisotopic (exact) mass is 278 g/mol. The minimum Gasteiger partial charge on any atom is -0.241 e. The molecule has 0 aliphatic heterocycles. The molecule has 1 heterocycles. The summed E-state index contributed by atoms with van der Waals surface area (Å²) in [5.41, 5.74) is 5.66. The molecule has 0 saturated heterocycles. The Labute approximate surface area is 127 Å². The average molecular weight is 278 g/mol. The molecule has 0 aliphatic rings. The largest absolute Gasteiger partial charge is 0.241 e. The molecule has 0 atom stereocenters. The molecule has 0 bridgehead atoms. The van der Waals surface area contributed by atoms with Crippen LogP contribution in [-0.4, -0.2) is 9.78 Å². The van der Waals surface area contributed by atoms with Crippen LogP contribution in [0.3, 0.4) is 0 Å². The maximum Gasteiger partial charge on any atom is 0.0645 e. The Bertz CT molecular complexity index is 625. The predicted octanol–water partition coefficient (Wildman–Crippen LogP) is 5.19. The van der Waals surface area contributed by atoms with Crippen LogP contribution < -0.4 is 0 Å². The van der Waals surface area contributed by atoms with E-state index >= 15 is 0 Å². The van der Waals surface area contributed by atoms with Crippen LogP contribution in [0.1, 0.15) is 32.3 Å². The lowest BCUT2D eigenvalue weighted by atomic mass is 9.94. The van der Waals surface area contributed by atoms with Gasteiger partial charge < -0.3 is 0 Å². The second-order valence-corrected chi connectivity index (χ2v) is 5.01. The fourth-order valence-corrected chi connectivity index (χ4v) is 2.15. The smallest absolute Gasteiger partial charge is 0.0645 e. The number of benzene rings is 1. The Morgan fingerprint density at radius 3 is 2.19 bits per heavy atom. The van der Waals surface area contributed by atoms with E-state index in [9.17, 15) is 0 Å². The zero-order chi connectivity index (χ0) is 15.2. The summed E-state index contributed by atoms with van der Waals surface area (Å²) >= 11 is 0. The number of nitrogens with zero attached hydrogens (tertiary/aromatic N) is 2. The molecule has 0 aliphatic carbocycles. The van der Waals surface area contributed by atoms with E-state index < -0.39 is 0 Å². The maximum absolute atomic E-state index is 4.23. The Morgan fingerprint density at radius 1 is 1.10 bits per heavy atom. The highest BCUT2D eigenvalue weighted by atomic mass is 15.3. The van der Waals surface area contributed by atoms with Gasteiger partial charge in [0.2, 0.25) is 0 Å². The van der Waals surface area contributed by atoms with E-state index in [1.54, 1.807) is 6.20 Å². The molecule has 0 N–H and O–H groups in total. The molecule has 2 rings (SSSR count). The van der Waals surface area contributed by atoms with Crippen molar-refractivity contribution in [3.63, 3.8) is 0 Å². The molecule has 2 nitrogen and oxygen atoms in total. The quantitative estimate of drug-likeness (QED) is 0.665. The van der Waals surface area contributed by atoms with Crippen LogP contribution in [0.5, 0.6) is 0 Å². The van der Waals surface area contributed by atoms with Crippen LogP contribution in [0.4, 0.5) is 0 Å². The topological polar surface area (TPSA) is 17.8 Å². The van der Waals surface area contributed by atoms with Gasteiger partial charge in [-0.05, 0) is 59.4 Å². The van der Waals surface area contributed by atoms with Crippen molar-refractivity contribution in [3.8, 4) is 5.69 Å². The first kappa shape index (κ1) is 15.0. The predicted molar refractivity (Wildman–Crippen MR) is 90.4 cm³/mol. The van der Waals surface area contributed by atoms with E-state index in [1.165, 1.54) is 5.57 Å². The summed E-state index contributed by atoms with van der Waals surface area (Å²) in [5.74, 6) is 0. The van der Waals surface area contributed by atoms with Crippen molar-refractivity contribution in [1.29, 1.82) is 0 Å². The van der Waals surface area contributed by atoms with Crippen molar-refractivity contribution in [2.45, 2.75) is 26.7 Å². The summed E-state index contributed by atoms with van der Waals surface area (Å²) in [6.07, 6.45) is 7.77. The third-order valence-corrected chi connectivity index (χ3v) is 3.59. The standard InChI is InChI=1S/C19H22N2/c1-5-15(3)19(16(4)6-2)14-17-8-10-18(11-9-17)21-13-7-12-20-21/h7-14H,3-6H2,1-2H3. The zero-order valence-corrected chi connectivity index (χ0v) is 12.8. The summed E-state index contributed by atoms with van der Waals surface area (Å²) in [5, 5.41) is 4.23. The molecule has 1 aromatic carbocycles. The van der Waals surface area contributed by atoms with Crippen molar-refractivity contribution in [2.75, 3.05) is 0 Å². The van der Waals surface area contributed by atoms with E-state index in [0.717, 1.165) is 35.2 Å². The van der Waals surface area contributed by atoms with Gasteiger partial charge in [0.15, 0.2) is 0 Å². The minimum atomic E-state index is 0.941. The van der Waals surface area contributed by atoms with Gasteiger partial charge in [-0.1, -0.05) is 39.1 Å². The number of aromatic nitrogens is 2. The molecule has 21 heavy (non-hydrogen) atoms. The molecule has 0 unspecified atom stereocenters. The fraction of sp³-hybridized carbons (Fsp3) is 0.211. The van der Waals surface area contributed by atoms with Crippen molar-refractivity contribution in [1.82, 2.24) is 9.78 Å². The highest BCUT2D eigenvalue weighted by Crippen LogP contribution is 2.25. The molecule has 108 valence electrons. The van der Waals surface area contributed by atoms with Crippen LogP contribution >= 0.6 is 0 Å². The molecule has 1 aromatic heterocycles. The second-order valence-electron chi connectivity index (χ2n) is 5.01. The molecule has 0 amide bonds. The summed E-state index contributed by atoms with van der Waals surface area (Å²) in [6.45, 7) is 12.6. The van der Waals surface area contributed by atoms with Crippen molar-refractivity contribution in [2.24, 2.45) is 0 Å². The van der Waals surface area contributed by atoms with Crippen LogP contribution in [0.15, 0.2) is 72.6 Å². The van der Waals surface area contributed by atoms with Crippen molar-refractivity contribution in [3.05, 3.63) is 78.2 Å². The van der Waals surface area contributed by atoms with Gasteiger partial charge in [0.25, 0.3) is 0 Å². The molecule has 0 spiro atoms. The van der Waals surface area contributed by atoms with Gasteiger partial charge in [0.05, 0.1) is 5.69 Å². The van der Waals surface area contributed by atoms with Crippen molar-refractivity contribution >= 4 is 6.08 Å². The van der Waals surface area contributed by atoms with E-state index in [1.807, 2.05) is 16.9 Å². The van der Waals surface area contributed by atoms with Gasteiger partial charge in [-0.2, -0.15) is 5.10 Å². The number of rotatable bonds is 6. The first-order chi connectivity index (χ1) is 10.2. The molecule has 0 fully saturated rings. The average Bonchev–Trinajstić information content (AvgIpc) is 3.06. The lowest BCUT2D eigenvalue weighted by Gasteiger charge is -2.11. The third kappa shape index (κ3) is 3.60. The summed E-state index contributed by atoms with van der Waals surface area (Å²) in [6, 6.07) is 10.3. The lowest BCUT2D eigenvalue weighted by molar-refractivity contribution is 0.880. The highest BCUT2D eigenvalue weighted by molar-refractivity contribution is 5.65. The normalized spacial score (nSPS) is 10.2. The second kappa shape index (κ2) is 6.89. The van der Waals surface area contributed by atoms with Crippen LogP contribution in [0, 0.1) is 0 Å². The number of hydrogen-bond donors (Lipinski definition) is 0. The molecular weight excluding hydrogens is 256 g/mol. The first-order valence-corrected chi connectivity index (χ1v) is 7.33. The zero-order valence-electron chi connectivity index (χ0n) is 12.8. The van der Waals surface area contributed by atoms with Gasteiger partial charge in [-0.25, -0.2) is 4.68 Å². The molecule has 2 aromatic rings. The summed E-state index contributed by atoms with van der Waals surface area (Å²) in [7, 11) is 0. The van der Waals surface area contributed by atoms with Gasteiger partial charge in [-0.3, -0.25) is 0 Å². The van der Waals surface area contributed by atoms with E-state index in [2.05, 4.69) is 62.4 Å². The van der Waals surface area contributed by atoms with Crippen LogP contribution in [-0.2, 0) is 0 Å². The van der Waals surface area contributed by atoms with Crippen molar-refractivity contribution < 1.29 is 0 Å². The van der Waals surface area contributed by atoms with Gasteiger partial charge >= 0.3 is 0 Å². The SMILES string of the molecule is C=C(CC)C(=Cc1ccc(-n2cccn2)cc1)C(=C)CC. The van der Waals surface area contributed by atoms with E-state index in [4.69, 9.17) is 0 Å². The molecule has 2 heteroatoms. The summed E-state index contributed by atoms with van der Waals surface area (Å²) < 4.78 is 1.85. The Kier molecular flexibility index (Phi) is 4.94. The lowest BCUT2D eigenvalue weighted by Crippen LogP contribution is -1.94. The van der Waals surface area contributed by atoms with Crippen LogP contribution in [0.25, 0.3) is 11.8 Å². The Morgan fingerprint density at radius 2 is 1.71 bits per heavy atom. The number of allylic oxidation sites excluding steroid dienone is 3. The van der Waals surface area contributed by atoms with Gasteiger partial charge in [0, 0.05) is 12.4 Å². The van der Waals surface area contributed by atoms with E-state index in [0.29, 0.717) is 0 Å². The minimum absolute atomic E-state index is 0.941. The maximum atomic E-state index is 4.23.